The van der Waals surface area contributed by atoms with Crippen molar-refractivity contribution in [2.24, 2.45) is 0 Å². The fourth-order valence-electron chi connectivity index (χ4n) is 0.356. The maximum absolute atomic E-state index is 3.87. The summed E-state index contributed by atoms with van der Waals surface area (Å²) < 4.78 is 1.03. The maximum Gasteiger partial charge on any atom is 0.0290 e. The maximum atomic E-state index is 3.87. The molecule has 0 aliphatic carbocycles. The van der Waals surface area contributed by atoms with Gasteiger partial charge in [0.2, 0.25) is 0 Å². The van der Waals surface area contributed by atoms with Gasteiger partial charge in [-0.2, -0.15) is 0 Å². The quantitative estimate of drug-likeness (QED) is 0.552. The van der Waals surface area contributed by atoms with E-state index in [9.17, 15) is 0 Å². The molecule has 3 heteroatoms. The monoisotopic (exact) mass is 330 g/mol. The van der Waals surface area contributed by atoms with Crippen LogP contribution in [-0.4, -0.2) is 5.75 Å². The molecule has 0 saturated heterocycles. The van der Waals surface area contributed by atoms with E-state index in [0.717, 1.165) is 15.8 Å². The Morgan fingerprint density at radius 3 is 2.70 bits per heavy atom. The molecular weight excluding hydrogens is 323 g/mol. The molecule has 0 spiro atoms. The fourth-order valence-corrected chi connectivity index (χ4v) is 2.28. The Bertz CT molecular complexity index is 163. The lowest BCUT2D eigenvalue weighted by molar-refractivity contribution is 1.57. The van der Waals surface area contributed by atoms with Crippen LogP contribution >= 0.6 is 46.1 Å². The Hall–Kier alpha value is 0.780. The van der Waals surface area contributed by atoms with Gasteiger partial charge in [0, 0.05) is 10.2 Å². The molecule has 10 heavy (non-hydrogen) atoms. The van der Waals surface area contributed by atoms with E-state index in [4.69, 9.17) is 0 Å². The number of allylic oxidation sites excluding steroid dienone is 3. The highest BCUT2D eigenvalue weighted by atomic mass is 127. The zero-order valence-electron chi connectivity index (χ0n) is 5.44. The van der Waals surface area contributed by atoms with Crippen LogP contribution in [0, 0.1) is 0 Å². The summed E-state index contributed by atoms with van der Waals surface area (Å²) in [5, 5.41) is 0. The summed E-state index contributed by atoms with van der Waals surface area (Å²) in [5.41, 5.74) is 1.10. The van der Waals surface area contributed by atoms with E-state index in [2.05, 4.69) is 50.3 Å². The van der Waals surface area contributed by atoms with E-state index in [-0.39, 0.29) is 0 Å². The molecular formula is C7H8BrIS. The van der Waals surface area contributed by atoms with Gasteiger partial charge in [-0.05, 0) is 32.9 Å². The molecule has 0 unspecified atom stereocenters. The summed E-state index contributed by atoms with van der Waals surface area (Å²) in [6.07, 6.45) is 3.64. The van der Waals surface area contributed by atoms with Crippen LogP contribution in [0.25, 0.3) is 0 Å². The van der Waals surface area contributed by atoms with E-state index in [1.54, 1.807) is 15.0 Å². The largest absolute Gasteiger partial charge is 0.0990 e. The third-order valence-corrected chi connectivity index (χ3v) is 3.05. The van der Waals surface area contributed by atoms with Crippen LogP contribution < -0.4 is 0 Å². The summed E-state index contributed by atoms with van der Waals surface area (Å²) in [6, 6.07) is 0. The molecule has 0 aliphatic heterocycles. The summed E-state index contributed by atoms with van der Waals surface area (Å²) >= 11 is 5.62. The van der Waals surface area contributed by atoms with Gasteiger partial charge in [0.15, 0.2) is 0 Å². The minimum absolute atomic E-state index is 0.950. The van der Waals surface area contributed by atoms with Crippen LogP contribution in [-0.2, 0) is 0 Å². The standard InChI is InChI=1S/C7H8BrIS/c1-3-4-7(8)6(2)5-10-9/h3-4H,1-2,5H2/b7-4+. The van der Waals surface area contributed by atoms with Crippen molar-refractivity contribution >= 4 is 46.1 Å². The van der Waals surface area contributed by atoms with Crippen molar-refractivity contribution in [2.75, 3.05) is 5.75 Å². The molecule has 0 heterocycles. The van der Waals surface area contributed by atoms with Crippen molar-refractivity contribution < 1.29 is 0 Å². The molecule has 0 saturated carbocycles. The van der Waals surface area contributed by atoms with E-state index in [1.165, 1.54) is 0 Å². The van der Waals surface area contributed by atoms with Gasteiger partial charge in [0.25, 0.3) is 0 Å². The van der Waals surface area contributed by atoms with E-state index in [0.29, 0.717) is 0 Å². The zero-order chi connectivity index (χ0) is 7.98. The number of halogens is 2. The van der Waals surface area contributed by atoms with Crippen molar-refractivity contribution in [1.29, 1.82) is 0 Å². The summed E-state index contributed by atoms with van der Waals surface area (Å²) in [6.45, 7) is 7.46. The number of hydrogen-bond acceptors (Lipinski definition) is 1. The topological polar surface area (TPSA) is 0 Å². The lowest BCUT2D eigenvalue weighted by atomic mass is 10.3. The van der Waals surface area contributed by atoms with Crippen molar-refractivity contribution in [3.05, 3.63) is 35.4 Å². The molecule has 56 valence electrons. The van der Waals surface area contributed by atoms with Crippen LogP contribution in [0.3, 0.4) is 0 Å². The van der Waals surface area contributed by atoms with E-state index < -0.39 is 0 Å². The lowest BCUT2D eigenvalue weighted by Crippen LogP contribution is -1.81. The highest BCUT2D eigenvalue weighted by Gasteiger charge is 1.95. The smallest absolute Gasteiger partial charge is 0.0290 e. The molecule has 0 amide bonds. The van der Waals surface area contributed by atoms with Crippen LogP contribution in [0.2, 0.25) is 0 Å². The Labute approximate surface area is 86.6 Å². The number of rotatable bonds is 4. The summed E-state index contributed by atoms with van der Waals surface area (Å²) in [5.74, 6) is 0.950. The van der Waals surface area contributed by atoms with Gasteiger partial charge >= 0.3 is 0 Å². The third kappa shape index (κ3) is 4.57. The average Bonchev–Trinajstić information content (AvgIpc) is 1.89. The van der Waals surface area contributed by atoms with Gasteiger partial charge in [-0.15, -0.1) is 0 Å². The second kappa shape index (κ2) is 6.49. The molecule has 0 aromatic carbocycles. The molecule has 0 rings (SSSR count). The zero-order valence-corrected chi connectivity index (χ0v) is 10.0. The Balaban J connectivity index is 3.93. The van der Waals surface area contributed by atoms with Crippen LogP contribution in [0.4, 0.5) is 0 Å². The van der Waals surface area contributed by atoms with Gasteiger partial charge < -0.3 is 0 Å². The highest BCUT2D eigenvalue weighted by Crippen LogP contribution is 2.22. The lowest BCUT2D eigenvalue weighted by Gasteiger charge is -1.98. The first kappa shape index (κ1) is 10.8. The first-order chi connectivity index (χ1) is 4.72. The molecule has 0 aromatic rings. The van der Waals surface area contributed by atoms with Crippen molar-refractivity contribution in [3.8, 4) is 0 Å². The SMILES string of the molecule is C=C/C=C(/Br)C(=C)CSI. The molecule has 0 fully saturated rings. The minimum Gasteiger partial charge on any atom is -0.0990 e. The van der Waals surface area contributed by atoms with Crippen molar-refractivity contribution in [3.63, 3.8) is 0 Å². The van der Waals surface area contributed by atoms with Gasteiger partial charge in [-0.25, -0.2) is 0 Å². The van der Waals surface area contributed by atoms with Gasteiger partial charge in [0.05, 0.1) is 0 Å². The first-order valence-electron chi connectivity index (χ1n) is 2.62. The first-order valence-corrected chi connectivity index (χ1v) is 6.94. The van der Waals surface area contributed by atoms with E-state index in [1.807, 2.05) is 6.08 Å². The van der Waals surface area contributed by atoms with Gasteiger partial charge in [-0.1, -0.05) is 44.1 Å². The summed E-state index contributed by atoms with van der Waals surface area (Å²) in [7, 11) is 1.73. The molecule has 0 aromatic heterocycles. The third-order valence-electron chi connectivity index (χ3n) is 0.831. The predicted octanol–water partition coefficient (Wildman–Crippen LogP) is 4.09. The van der Waals surface area contributed by atoms with Crippen LogP contribution in [0.5, 0.6) is 0 Å². The summed E-state index contributed by atoms with van der Waals surface area (Å²) in [4.78, 5) is 0. The van der Waals surface area contributed by atoms with Crippen LogP contribution in [0.1, 0.15) is 0 Å². The van der Waals surface area contributed by atoms with Crippen LogP contribution in [0.15, 0.2) is 35.4 Å². The Morgan fingerprint density at radius 1 is 1.70 bits per heavy atom. The van der Waals surface area contributed by atoms with Gasteiger partial charge in [0.1, 0.15) is 0 Å². The Kier molecular flexibility index (Phi) is 6.99. The van der Waals surface area contributed by atoms with E-state index >= 15 is 0 Å². The normalized spacial score (nSPS) is 11.2. The Morgan fingerprint density at radius 2 is 2.30 bits per heavy atom. The minimum atomic E-state index is 0.950. The average molecular weight is 331 g/mol. The number of hydrogen-bond donors (Lipinski definition) is 0. The van der Waals surface area contributed by atoms with Crippen molar-refractivity contribution in [2.45, 2.75) is 0 Å². The molecule has 0 aliphatic rings. The predicted molar refractivity (Wildman–Crippen MR) is 62.8 cm³/mol. The van der Waals surface area contributed by atoms with Gasteiger partial charge in [-0.3, -0.25) is 0 Å². The molecule has 0 N–H and O–H groups in total. The second-order valence-corrected chi connectivity index (χ2v) is 4.84. The molecule has 0 bridgehead atoms. The molecule has 0 radical (unpaired) electrons. The van der Waals surface area contributed by atoms with Crippen molar-refractivity contribution in [1.82, 2.24) is 0 Å². The molecule has 0 nitrogen and oxygen atoms in total. The second-order valence-electron chi connectivity index (χ2n) is 1.61. The highest BCUT2D eigenvalue weighted by molar-refractivity contribution is 14.2. The fraction of sp³-hybridized carbons (Fsp3) is 0.143. The molecule has 0 atom stereocenters.